The molecule has 0 amide bonds. The fourth-order valence-corrected chi connectivity index (χ4v) is 3.74. The van der Waals surface area contributed by atoms with E-state index in [4.69, 9.17) is 9.47 Å². The van der Waals surface area contributed by atoms with E-state index in [2.05, 4.69) is 10.0 Å². The molecule has 0 aromatic heterocycles. The van der Waals surface area contributed by atoms with E-state index < -0.39 is 21.4 Å². The fraction of sp³-hybridized carbons (Fsp3) is 0.571. The van der Waals surface area contributed by atoms with Crippen molar-refractivity contribution in [3.05, 3.63) is 24.0 Å². The van der Waals surface area contributed by atoms with Gasteiger partial charge in [-0.1, -0.05) is 0 Å². The SMILES string of the molecule is COCC1(CNS(=O)(=O)c2ccc(F)c(OC)c2)CCCN1.Cl. The maximum Gasteiger partial charge on any atom is 0.240 e. The van der Waals surface area contributed by atoms with Crippen LogP contribution in [0.25, 0.3) is 0 Å². The molecule has 2 N–H and O–H groups in total. The summed E-state index contributed by atoms with van der Waals surface area (Å²) in [6.45, 7) is 1.46. The molecule has 0 saturated carbocycles. The van der Waals surface area contributed by atoms with Crippen LogP contribution in [-0.4, -0.2) is 47.9 Å². The Kier molecular flexibility index (Phi) is 7.22. The molecule has 0 aliphatic carbocycles. The zero-order valence-corrected chi connectivity index (χ0v) is 14.7. The molecule has 9 heteroatoms. The number of halogens is 2. The summed E-state index contributed by atoms with van der Waals surface area (Å²) in [7, 11) is -0.871. The van der Waals surface area contributed by atoms with Crippen LogP contribution in [0.1, 0.15) is 12.8 Å². The van der Waals surface area contributed by atoms with Gasteiger partial charge in [0.1, 0.15) is 0 Å². The molecule has 0 spiro atoms. The molecule has 2 rings (SSSR count). The Labute approximate surface area is 142 Å². The van der Waals surface area contributed by atoms with Crippen LogP contribution in [0, 0.1) is 5.82 Å². The second-order valence-corrected chi connectivity index (χ2v) is 7.13. The van der Waals surface area contributed by atoms with Crippen molar-refractivity contribution in [1.82, 2.24) is 10.0 Å². The van der Waals surface area contributed by atoms with Crippen LogP contribution in [0.15, 0.2) is 23.1 Å². The van der Waals surface area contributed by atoms with E-state index >= 15 is 0 Å². The Morgan fingerprint density at radius 3 is 2.70 bits per heavy atom. The number of sulfonamides is 1. The first kappa shape index (κ1) is 20.1. The normalized spacial score (nSPS) is 21.0. The van der Waals surface area contributed by atoms with E-state index in [0.717, 1.165) is 25.5 Å². The molecule has 1 aliphatic heterocycles. The monoisotopic (exact) mass is 368 g/mol. The topological polar surface area (TPSA) is 76.7 Å². The first-order chi connectivity index (χ1) is 10.4. The number of methoxy groups -OCH3 is 2. The van der Waals surface area contributed by atoms with E-state index in [1.54, 1.807) is 7.11 Å². The van der Waals surface area contributed by atoms with Crippen molar-refractivity contribution in [2.24, 2.45) is 0 Å². The van der Waals surface area contributed by atoms with Gasteiger partial charge in [-0.3, -0.25) is 0 Å². The summed E-state index contributed by atoms with van der Waals surface area (Å²) in [5.41, 5.74) is -0.397. The minimum atomic E-state index is -3.75. The van der Waals surface area contributed by atoms with Crippen molar-refractivity contribution in [2.75, 3.05) is 33.9 Å². The summed E-state index contributed by atoms with van der Waals surface area (Å²) < 4.78 is 50.7. The Morgan fingerprint density at radius 1 is 1.39 bits per heavy atom. The van der Waals surface area contributed by atoms with Crippen molar-refractivity contribution in [3.63, 3.8) is 0 Å². The summed E-state index contributed by atoms with van der Waals surface area (Å²) in [5, 5.41) is 3.29. The van der Waals surface area contributed by atoms with Gasteiger partial charge >= 0.3 is 0 Å². The fourth-order valence-electron chi connectivity index (χ4n) is 2.59. The first-order valence-corrected chi connectivity index (χ1v) is 8.48. The van der Waals surface area contributed by atoms with Crippen LogP contribution in [0.2, 0.25) is 0 Å². The van der Waals surface area contributed by atoms with E-state index in [0.29, 0.717) is 6.61 Å². The predicted octanol–water partition coefficient (Wildman–Crippen LogP) is 1.30. The largest absolute Gasteiger partial charge is 0.494 e. The van der Waals surface area contributed by atoms with Gasteiger partial charge in [0.25, 0.3) is 0 Å². The number of rotatable bonds is 7. The molecule has 1 atom stereocenters. The highest BCUT2D eigenvalue weighted by atomic mass is 35.5. The van der Waals surface area contributed by atoms with E-state index in [9.17, 15) is 12.8 Å². The second-order valence-electron chi connectivity index (χ2n) is 5.36. The minimum Gasteiger partial charge on any atom is -0.494 e. The van der Waals surface area contributed by atoms with Crippen LogP contribution >= 0.6 is 12.4 Å². The highest BCUT2D eigenvalue weighted by Crippen LogP contribution is 2.23. The number of hydrogen-bond donors (Lipinski definition) is 2. The molecular formula is C14H22ClFN2O4S. The van der Waals surface area contributed by atoms with Gasteiger partial charge in [0.2, 0.25) is 10.0 Å². The number of nitrogens with one attached hydrogen (secondary N) is 2. The molecule has 1 unspecified atom stereocenters. The molecule has 23 heavy (non-hydrogen) atoms. The van der Waals surface area contributed by atoms with E-state index in [1.165, 1.54) is 19.2 Å². The second kappa shape index (κ2) is 8.25. The summed E-state index contributed by atoms with van der Waals surface area (Å²) in [5.74, 6) is -0.705. The molecule has 132 valence electrons. The smallest absolute Gasteiger partial charge is 0.240 e. The Bertz CT molecular complexity index is 621. The lowest BCUT2D eigenvalue weighted by Gasteiger charge is -2.28. The van der Waals surface area contributed by atoms with Crippen LogP contribution in [-0.2, 0) is 14.8 Å². The van der Waals surface area contributed by atoms with Gasteiger partial charge in [-0.15, -0.1) is 12.4 Å². The lowest BCUT2D eigenvalue weighted by Crippen LogP contribution is -2.52. The van der Waals surface area contributed by atoms with Gasteiger partial charge < -0.3 is 14.8 Å². The number of hydrogen-bond acceptors (Lipinski definition) is 5. The first-order valence-electron chi connectivity index (χ1n) is 7.00. The van der Waals surface area contributed by atoms with Gasteiger partial charge in [-0.25, -0.2) is 17.5 Å². The maximum atomic E-state index is 13.4. The van der Waals surface area contributed by atoms with Crippen molar-refractivity contribution in [1.29, 1.82) is 0 Å². The number of benzene rings is 1. The molecule has 0 bridgehead atoms. The third kappa shape index (κ3) is 4.77. The minimum absolute atomic E-state index is 0. The zero-order chi connectivity index (χ0) is 16.2. The third-order valence-corrected chi connectivity index (χ3v) is 5.19. The van der Waals surface area contributed by atoms with Crippen molar-refractivity contribution >= 4 is 22.4 Å². The van der Waals surface area contributed by atoms with Crippen molar-refractivity contribution in [3.8, 4) is 5.75 Å². The summed E-state index contributed by atoms with van der Waals surface area (Å²) in [4.78, 5) is -0.0312. The van der Waals surface area contributed by atoms with Gasteiger partial charge in [0.15, 0.2) is 11.6 Å². The summed E-state index contributed by atoms with van der Waals surface area (Å²) in [6, 6.07) is 3.46. The Morgan fingerprint density at radius 2 is 2.13 bits per heavy atom. The summed E-state index contributed by atoms with van der Waals surface area (Å²) >= 11 is 0. The van der Waals surface area contributed by atoms with Crippen molar-refractivity contribution < 1.29 is 22.3 Å². The lowest BCUT2D eigenvalue weighted by atomic mass is 9.99. The third-order valence-electron chi connectivity index (χ3n) is 3.79. The Hall–Kier alpha value is -0.930. The quantitative estimate of drug-likeness (QED) is 0.758. The molecule has 1 aromatic rings. The number of ether oxygens (including phenoxy) is 2. The molecule has 1 aromatic carbocycles. The van der Waals surface area contributed by atoms with Crippen LogP contribution < -0.4 is 14.8 Å². The predicted molar refractivity (Wildman–Crippen MR) is 87.2 cm³/mol. The van der Waals surface area contributed by atoms with E-state index in [1.807, 2.05) is 0 Å². The van der Waals surface area contributed by atoms with Crippen LogP contribution in [0.3, 0.4) is 0 Å². The Balaban J connectivity index is 0.00000264. The molecule has 1 aliphatic rings. The van der Waals surface area contributed by atoms with Gasteiger partial charge in [0, 0.05) is 19.7 Å². The molecule has 6 nitrogen and oxygen atoms in total. The van der Waals surface area contributed by atoms with E-state index in [-0.39, 0.29) is 29.6 Å². The standard InChI is InChI=1S/C14H21FN2O4S.ClH/c1-20-10-14(6-3-7-16-14)9-17-22(18,19)11-4-5-12(15)13(8-11)21-2;/h4-5,8,16-17H,3,6-7,9-10H2,1-2H3;1H. The van der Waals surface area contributed by atoms with Gasteiger partial charge in [-0.05, 0) is 31.5 Å². The zero-order valence-electron chi connectivity index (χ0n) is 13.1. The molecule has 1 fully saturated rings. The highest BCUT2D eigenvalue weighted by molar-refractivity contribution is 7.89. The maximum absolute atomic E-state index is 13.4. The average molecular weight is 369 g/mol. The van der Waals surface area contributed by atoms with Crippen molar-refractivity contribution in [2.45, 2.75) is 23.3 Å². The van der Waals surface area contributed by atoms with Gasteiger partial charge in [0.05, 0.1) is 24.2 Å². The van der Waals surface area contributed by atoms with Gasteiger partial charge in [-0.2, -0.15) is 0 Å². The summed E-state index contributed by atoms with van der Waals surface area (Å²) in [6.07, 6.45) is 1.80. The average Bonchev–Trinajstić information content (AvgIpc) is 2.95. The molecule has 1 saturated heterocycles. The van der Waals surface area contributed by atoms with Crippen LogP contribution in [0.4, 0.5) is 4.39 Å². The highest BCUT2D eigenvalue weighted by Gasteiger charge is 2.34. The molecular weight excluding hydrogens is 347 g/mol. The lowest BCUT2D eigenvalue weighted by molar-refractivity contribution is 0.122. The molecule has 1 heterocycles. The van der Waals surface area contributed by atoms with Crippen LogP contribution in [0.5, 0.6) is 5.75 Å². The molecule has 0 radical (unpaired) electrons.